The van der Waals surface area contributed by atoms with E-state index in [0.717, 1.165) is 25.2 Å². The number of aromatic nitrogens is 1. The molecule has 0 bridgehead atoms. The van der Waals surface area contributed by atoms with Crippen LogP contribution in [0, 0.1) is 0 Å². The Morgan fingerprint density at radius 3 is 2.59 bits per heavy atom. The first-order valence-corrected chi connectivity index (χ1v) is 11.1. The van der Waals surface area contributed by atoms with Gasteiger partial charge in [-0.25, -0.2) is 18.2 Å². The summed E-state index contributed by atoms with van der Waals surface area (Å²) in [6.07, 6.45) is -2.45. The Bertz CT molecular complexity index is 931. The second kappa shape index (κ2) is 9.74. The summed E-state index contributed by atoms with van der Waals surface area (Å²) in [5.41, 5.74) is 0.767. The molecule has 29 heavy (non-hydrogen) atoms. The minimum Gasteiger partial charge on any atom is -0.475 e. The molecule has 0 spiro atoms. The largest absolute Gasteiger partial charge is 0.490 e. The number of aliphatic carboxylic acids is 1. The number of carboxylic acids is 1. The number of hydrogen-bond donors (Lipinski definition) is 3. The molecule has 13 heteroatoms. The summed E-state index contributed by atoms with van der Waals surface area (Å²) in [5, 5.41) is 16.5. The zero-order valence-electron chi connectivity index (χ0n) is 14.7. The number of rotatable bonds is 5. The van der Waals surface area contributed by atoms with Crippen molar-refractivity contribution in [3.05, 3.63) is 39.8 Å². The maximum absolute atomic E-state index is 12.4. The Morgan fingerprint density at radius 1 is 1.41 bits per heavy atom. The van der Waals surface area contributed by atoms with Crippen molar-refractivity contribution in [3.8, 4) is 0 Å². The average molecular weight is 472 g/mol. The number of benzene rings is 1. The third-order valence-corrected chi connectivity index (χ3v) is 6.66. The van der Waals surface area contributed by atoms with Crippen LogP contribution in [0.2, 0.25) is 5.02 Å². The van der Waals surface area contributed by atoms with Gasteiger partial charge in [-0.2, -0.15) is 13.2 Å². The summed E-state index contributed by atoms with van der Waals surface area (Å²) in [6, 6.07) is 5.17. The quantitative estimate of drug-likeness (QED) is 0.614. The molecule has 2 aromatic rings. The third kappa shape index (κ3) is 7.14. The van der Waals surface area contributed by atoms with E-state index in [1.54, 1.807) is 23.7 Å². The van der Waals surface area contributed by atoms with Crippen molar-refractivity contribution in [2.24, 2.45) is 0 Å². The second-order valence-corrected chi connectivity index (χ2v) is 9.34. The highest BCUT2D eigenvalue weighted by Crippen LogP contribution is 2.28. The lowest BCUT2D eigenvalue weighted by atomic mass is 10.2. The Balaban J connectivity index is 0.000000370. The number of hydrogen-bond acceptors (Lipinski definition) is 7. The van der Waals surface area contributed by atoms with Gasteiger partial charge in [0.15, 0.2) is 9.84 Å². The van der Waals surface area contributed by atoms with E-state index in [4.69, 9.17) is 21.5 Å². The number of carboxylic acid groups (broad SMARTS) is 1. The van der Waals surface area contributed by atoms with Crippen molar-refractivity contribution in [2.45, 2.75) is 29.3 Å². The van der Waals surface area contributed by atoms with Crippen molar-refractivity contribution in [1.29, 1.82) is 0 Å². The lowest BCUT2D eigenvalue weighted by Crippen LogP contribution is -2.22. The van der Waals surface area contributed by atoms with E-state index in [1.165, 1.54) is 17.4 Å². The molecule has 1 fully saturated rings. The SMILES string of the molecule is O=C(O)C(F)(F)F.O=S(=O)(Cc1nccs1)c1ccc(N[C@@H]2CCNC2)c(Cl)c1. The summed E-state index contributed by atoms with van der Waals surface area (Å²) in [4.78, 5) is 13.1. The predicted molar refractivity (Wildman–Crippen MR) is 103 cm³/mol. The molecule has 160 valence electrons. The van der Waals surface area contributed by atoms with Crippen LogP contribution in [0.1, 0.15) is 11.4 Å². The molecule has 1 aromatic carbocycles. The maximum atomic E-state index is 12.4. The fraction of sp³-hybridized carbons (Fsp3) is 0.375. The second-order valence-electron chi connectivity index (χ2n) is 5.96. The van der Waals surface area contributed by atoms with E-state index in [1.807, 2.05) is 0 Å². The Hall–Kier alpha value is -1.89. The van der Waals surface area contributed by atoms with Gasteiger partial charge < -0.3 is 15.7 Å². The van der Waals surface area contributed by atoms with Crippen LogP contribution < -0.4 is 10.6 Å². The average Bonchev–Trinajstić information content (AvgIpc) is 3.30. The minimum absolute atomic E-state index is 0.0969. The van der Waals surface area contributed by atoms with Crippen LogP contribution >= 0.6 is 22.9 Å². The lowest BCUT2D eigenvalue weighted by molar-refractivity contribution is -0.192. The standard InChI is InChI=1S/C14H16ClN3O2S2.C2HF3O2/c15-12-7-11(22(19,20)9-14-17-5-6-21-14)1-2-13(12)18-10-3-4-16-8-10;3-2(4,5)1(6)7/h1-2,5-7,10,16,18H,3-4,8-9H2;(H,6,7)/t10-;/m1./s1. The fourth-order valence-electron chi connectivity index (χ4n) is 2.37. The van der Waals surface area contributed by atoms with Gasteiger partial charge in [0.1, 0.15) is 10.8 Å². The highest BCUT2D eigenvalue weighted by molar-refractivity contribution is 7.90. The van der Waals surface area contributed by atoms with E-state index in [2.05, 4.69) is 15.6 Å². The van der Waals surface area contributed by atoms with Gasteiger partial charge in [0, 0.05) is 24.2 Å². The zero-order chi connectivity index (χ0) is 21.7. The van der Waals surface area contributed by atoms with Crippen molar-refractivity contribution in [3.63, 3.8) is 0 Å². The molecular formula is C16H17ClF3N3O4S2. The molecule has 0 amide bonds. The number of sulfone groups is 1. The summed E-state index contributed by atoms with van der Waals surface area (Å²) in [7, 11) is -3.43. The molecule has 3 N–H and O–H groups in total. The number of thiazole rings is 1. The van der Waals surface area contributed by atoms with Crippen LogP contribution in [0.15, 0.2) is 34.7 Å². The summed E-state index contributed by atoms with van der Waals surface area (Å²) in [5.74, 6) is -2.85. The van der Waals surface area contributed by atoms with Crippen LogP contribution in [0.4, 0.5) is 18.9 Å². The number of nitrogens with zero attached hydrogens (tertiary/aromatic N) is 1. The van der Waals surface area contributed by atoms with E-state index < -0.39 is 22.0 Å². The molecule has 1 saturated heterocycles. The molecule has 0 unspecified atom stereocenters. The molecule has 1 atom stereocenters. The van der Waals surface area contributed by atoms with Gasteiger partial charge in [0.2, 0.25) is 0 Å². The van der Waals surface area contributed by atoms with Crippen molar-refractivity contribution >= 4 is 44.4 Å². The normalized spacial score (nSPS) is 16.8. The summed E-state index contributed by atoms with van der Waals surface area (Å²) < 4.78 is 56.5. The molecule has 1 aliphatic heterocycles. The summed E-state index contributed by atoms with van der Waals surface area (Å²) >= 11 is 7.57. The molecule has 3 rings (SSSR count). The molecule has 0 radical (unpaired) electrons. The molecule has 1 aliphatic rings. The van der Waals surface area contributed by atoms with Crippen LogP contribution in [0.25, 0.3) is 0 Å². The van der Waals surface area contributed by atoms with Crippen molar-refractivity contribution < 1.29 is 31.5 Å². The molecule has 0 aliphatic carbocycles. The third-order valence-electron chi connectivity index (χ3n) is 3.76. The van der Waals surface area contributed by atoms with Crippen LogP contribution in [0.5, 0.6) is 0 Å². The fourth-order valence-corrected chi connectivity index (χ4v) is 4.95. The minimum atomic E-state index is -5.08. The maximum Gasteiger partial charge on any atom is 0.490 e. The van der Waals surface area contributed by atoms with E-state index in [9.17, 15) is 21.6 Å². The van der Waals surface area contributed by atoms with Gasteiger partial charge in [-0.3, -0.25) is 0 Å². The van der Waals surface area contributed by atoms with E-state index in [0.29, 0.717) is 16.1 Å². The predicted octanol–water partition coefficient (Wildman–Crippen LogP) is 3.18. The Labute approximate surface area is 173 Å². The van der Waals surface area contributed by atoms with Crippen molar-refractivity contribution in [1.82, 2.24) is 10.3 Å². The molecule has 7 nitrogen and oxygen atoms in total. The Kier molecular flexibility index (Phi) is 7.86. The smallest absolute Gasteiger partial charge is 0.475 e. The van der Waals surface area contributed by atoms with Crippen LogP contribution in [-0.2, 0) is 20.4 Å². The van der Waals surface area contributed by atoms with Gasteiger partial charge in [-0.05, 0) is 31.2 Å². The van der Waals surface area contributed by atoms with Crippen LogP contribution in [0.3, 0.4) is 0 Å². The van der Waals surface area contributed by atoms with Crippen LogP contribution in [-0.4, -0.2) is 49.8 Å². The summed E-state index contributed by atoms with van der Waals surface area (Å²) in [6.45, 7) is 1.87. The van der Waals surface area contributed by atoms with E-state index >= 15 is 0 Å². The zero-order valence-corrected chi connectivity index (χ0v) is 17.1. The number of anilines is 1. The van der Waals surface area contributed by atoms with Gasteiger partial charge in [-0.15, -0.1) is 11.3 Å². The van der Waals surface area contributed by atoms with Gasteiger partial charge in [0.05, 0.1) is 15.6 Å². The van der Waals surface area contributed by atoms with Crippen molar-refractivity contribution in [2.75, 3.05) is 18.4 Å². The molecule has 1 aromatic heterocycles. The molecule has 0 saturated carbocycles. The van der Waals surface area contributed by atoms with Gasteiger partial charge in [0.25, 0.3) is 0 Å². The molecular weight excluding hydrogens is 455 g/mol. The number of alkyl halides is 3. The monoisotopic (exact) mass is 471 g/mol. The number of nitrogens with one attached hydrogen (secondary N) is 2. The first kappa shape index (κ1) is 23.4. The first-order chi connectivity index (χ1) is 13.5. The lowest BCUT2D eigenvalue weighted by Gasteiger charge is -2.15. The number of halogens is 4. The topological polar surface area (TPSA) is 108 Å². The Morgan fingerprint density at radius 2 is 2.10 bits per heavy atom. The van der Waals surface area contributed by atoms with E-state index in [-0.39, 0.29) is 10.6 Å². The van der Waals surface area contributed by atoms with Gasteiger partial charge >= 0.3 is 12.1 Å². The highest BCUT2D eigenvalue weighted by Gasteiger charge is 2.38. The number of carbonyl (C=O) groups is 1. The van der Waals surface area contributed by atoms with Gasteiger partial charge in [-0.1, -0.05) is 11.6 Å². The molecule has 2 heterocycles. The first-order valence-electron chi connectivity index (χ1n) is 8.17. The highest BCUT2D eigenvalue weighted by atomic mass is 35.5.